The fourth-order valence-corrected chi connectivity index (χ4v) is 5.99. The van der Waals surface area contributed by atoms with Crippen molar-refractivity contribution >= 4 is 22.4 Å². The van der Waals surface area contributed by atoms with E-state index in [9.17, 15) is 9.00 Å². The second-order valence-corrected chi connectivity index (χ2v) is 10.0. The molecular formula is C22H34N2O2S. The number of hydrogen-bond donors (Lipinski definition) is 2. The molecule has 2 aliphatic rings. The normalized spacial score (nSPS) is 23.5. The predicted molar refractivity (Wildman–Crippen MR) is 113 cm³/mol. The Morgan fingerprint density at radius 3 is 2.78 bits per heavy atom. The van der Waals surface area contributed by atoms with Crippen LogP contribution in [0.5, 0.6) is 0 Å². The van der Waals surface area contributed by atoms with Crippen molar-refractivity contribution in [3.05, 3.63) is 29.8 Å². The number of anilines is 1. The Kier molecular flexibility index (Phi) is 7.89. The van der Waals surface area contributed by atoms with Gasteiger partial charge in [0.25, 0.3) is 0 Å². The number of piperidine rings is 1. The molecule has 1 aromatic rings. The Hall–Kier alpha value is -1.20. The first-order chi connectivity index (χ1) is 13.1. The molecule has 5 heteroatoms. The molecule has 1 aliphatic heterocycles. The van der Waals surface area contributed by atoms with Crippen LogP contribution < -0.4 is 10.6 Å². The lowest BCUT2D eigenvalue weighted by Crippen LogP contribution is -2.34. The molecule has 2 fully saturated rings. The average Bonchev–Trinajstić information content (AvgIpc) is 2.69. The van der Waals surface area contributed by atoms with Crippen molar-refractivity contribution in [1.82, 2.24) is 5.32 Å². The van der Waals surface area contributed by atoms with E-state index in [1.807, 2.05) is 24.3 Å². The van der Waals surface area contributed by atoms with Crippen LogP contribution in [-0.4, -0.2) is 28.5 Å². The zero-order valence-corrected chi connectivity index (χ0v) is 17.4. The third kappa shape index (κ3) is 6.42. The number of hydrogen-bond acceptors (Lipinski definition) is 3. The average molecular weight is 391 g/mol. The minimum atomic E-state index is -0.811. The molecule has 1 amide bonds. The maximum atomic E-state index is 12.6. The standard InChI is InChI=1S/C22H34N2O2S/c1-17(19-8-6-12-23-15-19)13-22(25)24-20-9-5-7-18(14-20)16-27(26)21-10-3-2-4-11-21/h5,7,9,14,17,19,21,23H,2-4,6,8,10-13,15-16H2,1H3,(H,24,25). The first-order valence-corrected chi connectivity index (χ1v) is 12.0. The van der Waals surface area contributed by atoms with E-state index in [2.05, 4.69) is 17.6 Å². The van der Waals surface area contributed by atoms with Gasteiger partial charge in [-0.05, 0) is 68.3 Å². The van der Waals surface area contributed by atoms with Crippen LogP contribution in [0.15, 0.2) is 24.3 Å². The molecule has 1 heterocycles. The van der Waals surface area contributed by atoms with Gasteiger partial charge in [0.15, 0.2) is 0 Å². The van der Waals surface area contributed by atoms with E-state index in [4.69, 9.17) is 0 Å². The predicted octanol–water partition coefficient (Wildman–Crippen LogP) is 4.23. The van der Waals surface area contributed by atoms with Gasteiger partial charge >= 0.3 is 0 Å². The van der Waals surface area contributed by atoms with Gasteiger partial charge < -0.3 is 10.6 Å². The third-order valence-electron chi connectivity index (χ3n) is 6.09. The third-order valence-corrected chi connectivity index (χ3v) is 7.92. The summed E-state index contributed by atoms with van der Waals surface area (Å²) in [5.74, 6) is 1.66. The number of rotatable bonds is 7. The summed E-state index contributed by atoms with van der Waals surface area (Å²) in [6, 6.07) is 7.90. The van der Waals surface area contributed by atoms with Crippen molar-refractivity contribution in [2.24, 2.45) is 11.8 Å². The molecule has 1 saturated heterocycles. The van der Waals surface area contributed by atoms with Crippen LogP contribution in [0.25, 0.3) is 0 Å². The highest BCUT2D eigenvalue weighted by Gasteiger charge is 2.22. The number of carbonyl (C=O) groups excluding carboxylic acids is 1. The summed E-state index contributed by atoms with van der Waals surface area (Å²) in [7, 11) is -0.811. The van der Waals surface area contributed by atoms with Crippen molar-refractivity contribution in [1.29, 1.82) is 0 Å². The number of benzene rings is 1. The summed E-state index contributed by atoms with van der Waals surface area (Å²) in [5.41, 5.74) is 1.88. The van der Waals surface area contributed by atoms with Crippen LogP contribution in [0, 0.1) is 11.8 Å². The molecule has 0 spiro atoms. The molecule has 0 aromatic heterocycles. The molecule has 1 aromatic carbocycles. The van der Waals surface area contributed by atoms with E-state index in [0.29, 0.717) is 29.3 Å². The Morgan fingerprint density at radius 2 is 2.04 bits per heavy atom. The Bertz CT molecular complexity index is 637. The van der Waals surface area contributed by atoms with Crippen LogP contribution in [0.1, 0.15) is 63.9 Å². The highest BCUT2D eigenvalue weighted by Crippen LogP contribution is 2.25. The first-order valence-electron chi connectivity index (χ1n) is 10.6. The minimum absolute atomic E-state index is 0.0821. The summed E-state index contributed by atoms with van der Waals surface area (Å²) >= 11 is 0. The monoisotopic (exact) mass is 390 g/mol. The van der Waals surface area contributed by atoms with Crippen LogP contribution in [-0.2, 0) is 21.3 Å². The van der Waals surface area contributed by atoms with Gasteiger partial charge in [0.1, 0.15) is 0 Å². The molecule has 1 aliphatic carbocycles. The molecule has 3 unspecified atom stereocenters. The van der Waals surface area contributed by atoms with Gasteiger partial charge in [-0.3, -0.25) is 9.00 Å². The van der Waals surface area contributed by atoms with Crippen molar-refractivity contribution < 1.29 is 9.00 Å². The van der Waals surface area contributed by atoms with Crippen molar-refractivity contribution in [2.45, 2.75) is 69.3 Å². The molecule has 3 rings (SSSR count). The second-order valence-electron chi connectivity index (χ2n) is 8.32. The van der Waals surface area contributed by atoms with Gasteiger partial charge in [0.05, 0.1) is 0 Å². The zero-order chi connectivity index (χ0) is 19.1. The summed E-state index contributed by atoms with van der Waals surface area (Å²) in [5, 5.41) is 6.83. The number of carbonyl (C=O) groups is 1. The van der Waals surface area contributed by atoms with Crippen LogP contribution >= 0.6 is 0 Å². The summed E-state index contributed by atoms with van der Waals surface area (Å²) < 4.78 is 12.6. The smallest absolute Gasteiger partial charge is 0.224 e. The summed E-state index contributed by atoms with van der Waals surface area (Å²) in [6.07, 6.45) is 8.87. The zero-order valence-electron chi connectivity index (χ0n) is 16.5. The Labute approximate surface area is 166 Å². The maximum absolute atomic E-state index is 12.6. The first kappa shape index (κ1) is 20.5. The fourth-order valence-electron chi connectivity index (χ4n) is 4.38. The van der Waals surface area contributed by atoms with Gasteiger partial charge in [0, 0.05) is 33.9 Å². The topological polar surface area (TPSA) is 58.2 Å². The molecule has 3 atom stereocenters. The van der Waals surface area contributed by atoms with Crippen molar-refractivity contribution in [3.63, 3.8) is 0 Å². The molecule has 4 nitrogen and oxygen atoms in total. The van der Waals surface area contributed by atoms with Crippen LogP contribution in [0.3, 0.4) is 0 Å². The second kappa shape index (κ2) is 10.4. The van der Waals surface area contributed by atoms with Crippen LogP contribution in [0.4, 0.5) is 5.69 Å². The Balaban J connectivity index is 1.50. The molecule has 1 saturated carbocycles. The largest absolute Gasteiger partial charge is 0.326 e. The van der Waals surface area contributed by atoms with Gasteiger partial charge in [0.2, 0.25) is 5.91 Å². The van der Waals surface area contributed by atoms with Gasteiger partial charge in [-0.25, -0.2) is 0 Å². The SMILES string of the molecule is CC(CC(=O)Nc1cccc(CS(=O)C2CCCCC2)c1)C1CCCNC1. The number of amides is 1. The molecule has 150 valence electrons. The van der Waals surface area contributed by atoms with E-state index < -0.39 is 10.8 Å². The van der Waals surface area contributed by atoms with E-state index in [1.54, 1.807) is 0 Å². The van der Waals surface area contributed by atoms with Crippen LogP contribution in [0.2, 0.25) is 0 Å². The van der Waals surface area contributed by atoms with Gasteiger partial charge in [-0.2, -0.15) is 0 Å². The van der Waals surface area contributed by atoms with Crippen molar-refractivity contribution in [3.8, 4) is 0 Å². The lowest BCUT2D eigenvalue weighted by molar-refractivity contribution is -0.117. The summed E-state index contributed by atoms with van der Waals surface area (Å²) in [4.78, 5) is 12.5. The van der Waals surface area contributed by atoms with E-state index in [1.165, 1.54) is 32.1 Å². The lowest BCUT2D eigenvalue weighted by atomic mass is 9.85. The molecular weight excluding hydrogens is 356 g/mol. The Morgan fingerprint density at radius 1 is 1.22 bits per heavy atom. The molecule has 0 bridgehead atoms. The molecule has 0 radical (unpaired) electrons. The van der Waals surface area contributed by atoms with Crippen molar-refractivity contribution in [2.75, 3.05) is 18.4 Å². The minimum Gasteiger partial charge on any atom is -0.326 e. The van der Waals surface area contributed by atoms with Gasteiger partial charge in [-0.15, -0.1) is 0 Å². The maximum Gasteiger partial charge on any atom is 0.224 e. The van der Waals surface area contributed by atoms with E-state index >= 15 is 0 Å². The highest BCUT2D eigenvalue weighted by atomic mass is 32.2. The number of nitrogens with one attached hydrogen (secondary N) is 2. The van der Waals surface area contributed by atoms with Gasteiger partial charge in [-0.1, -0.05) is 38.3 Å². The fraction of sp³-hybridized carbons (Fsp3) is 0.682. The quantitative estimate of drug-likeness (QED) is 0.732. The molecule has 27 heavy (non-hydrogen) atoms. The van der Waals surface area contributed by atoms with E-state index in [0.717, 1.165) is 37.2 Å². The molecule has 2 N–H and O–H groups in total. The van der Waals surface area contributed by atoms with E-state index in [-0.39, 0.29) is 5.91 Å². The summed E-state index contributed by atoms with van der Waals surface area (Å²) in [6.45, 7) is 4.31. The highest BCUT2D eigenvalue weighted by molar-refractivity contribution is 7.84. The lowest BCUT2D eigenvalue weighted by Gasteiger charge is -2.28.